The smallest absolute Gasteiger partial charge is 0.335 e. The Hall–Kier alpha value is -1.26. The molecule has 0 heterocycles. The van der Waals surface area contributed by atoms with Crippen molar-refractivity contribution in [3.63, 3.8) is 0 Å². The van der Waals surface area contributed by atoms with Gasteiger partial charge in [-0.1, -0.05) is 0 Å². The second-order valence-corrected chi connectivity index (χ2v) is 2.12. The monoisotopic (exact) mass is 159 g/mol. The number of nitrogens with one attached hydrogen (secondary N) is 1. The molecule has 0 aliphatic heterocycles. The van der Waals surface area contributed by atoms with E-state index in [9.17, 15) is 9.59 Å². The van der Waals surface area contributed by atoms with Crippen molar-refractivity contribution in [2.45, 2.75) is 6.92 Å². The van der Waals surface area contributed by atoms with Crippen molar-refractivity contribution in [3.8, 4) is 0 Å². The Morgan fingerprint density at radius 3 is 1.91 bits per heavy atom. The molecule has 0 aromatic carbocycles. The van der Waals surface area contributed by atoms with E-state index >= 15 is 0 Å². The Morgan fingerprint density at radius 2 is 1.64 bits per heavy atom. The first-order valence-corrected chi connectivity index (χ1v) is 3.20. The minimum Gasteiger partial charge on any atom is -0.340 e. The second kappa shape index (κ2) is 3.80. The van der Waals surface area contributed by atoms with Gasteiger partial charge in [0.05, 0.1) is 0 Å². The first-order chi connectivity index (χ1) is 5.00. The summed E-state index contributed by atoms with van der Waals surface area (Å²) in [5.41, 5.74) is 0. The quantitative estimate of drug-likeness (QED) is 0.491. The van der Waals surface area contributed by atoms with Crippen molar-refractivity contribution in [1.29, 1.82) is 0 Å². The highest BCUT2D eigenvalue weighted by molar-refractivity contribution is 5.79. The van der Waals surface area contributed by atoms with Gasteiger partial charge >= 0.3 is 6.03 Å². The molecule has 0 fully saturated rings. The van der Waals surface area contributed by atoms with Gasteiger partial charge in [-0.2, -0.15) is 0 Å². The third kappa shape index (κ3) is 2.45. The normalized spacial score (nSPS) is 8.73. The predicted molar refractivity (Wildman–Crippen MR) is 40.7 cm³/mol. The Labute approximate surface area is 65.9 Å². The van der Waals surface area contributed by atoms with E-state index in [1.54, 1.807) is 0 Å². The molecule has 0 rings (SSSR count). The molecule has 0 saturated heterocycles. The standard InChI is InChI=1S/C6H13N3O2/c1-5(10)8(3)9(4)6(11)7-2/h1-4H3,(H,7,11). The number of carbonyl (C=O) groups is 2. The maximum atomic E-state index is 10.9. The zero-order valence-electron chi connectivity index (χ0n) is 7.21. The van der Waals surface area contributed by atoms with Gasteiger partial charge in [0.2, 0.25) is 5.91 Å². The van der Waals surface area contributed by atoms with Gasteiger partial charge in [-0.05, 0) is 0 Å². The van der Waals surface area contributed by atoms with Crippen LogP contribution < -0.4 is 5.32 Å². The lowest BCUT2D eigenvalue weighted by molar-refractivity contribution is -0.137. The zero-order chi connectivity index (χ0) is 9.02. The molecule has 0 saturated carbocycles. The van der Waals surface area contributed by atoms with Crippen LogP contribution in [0, 0.1) is 0 Å². The molecule has 0 unspecified atom stereocenters. The Morgan fingerprint density at radius 1 is 1.18 bits per heavy atom. The third-order valence-corrected chi connectivity index (χ3v) is 1.41. The van der Waals surface area contributed by atoms with E-state index < -0.39 is 0 Å². The predicted octanol–water partition coefficient (Wildman–Crippen LogP) is -0.349. The zero-order valence-corrected chi connectivity index (χ0v) is 7.21. The van der Waals surface area contributed by atoms with Crippen LogP contribution in [0.15, 0.2) is 0 Å². The summed E-state index contributed by atoms with van der Waals surface area (Å²) in [6, 6.07) is -0.317. The number of amides is 3. The molecule has 0 aliphatic carbocycles. The summed E-state index contributed by atoms with van der Waals surface area (Å²) in [5, 5.41) is 4.81. The van der Waals surface area contributed by atoms with Gasteiger partial charge < -0.3 is 5.32 Å². The SMILES string of the molecule is CNC(=O)N(C)N(C)C(C)=O. The summed E-state index contributed by atoms with van der Waals surface area (Å²) in [7, 11) is 4.55. The topological polar surface area (TPSA) is 52.7 Å². The average molecular weight is 159 g/mol. The van der Waals surface area contributed by atoms with Crippen molar-refractivity contribution in [3.05, 3.63) is 0 Å². The summed E-state index contributed by atoms with van der Waals surface area (Å²) >= 11 is 0. The van der Waals surface area contributed by atoms with Crippen LogP contribution in [0.5, 0.6) is 0 Å². The van der Waals surface area contributed by atoms with E-state index in [1.165, 1.54) is 38.1 Å². The van der Waals surface area contributed by atoms with Crippen LogP contribution in [0.25, 0.3) is 0 Å². The minimum absolute atomic E-state index is 0.184. The van der Waals surface area contributed by atoms with Crippen molar-refractivity contribution >= 4 is 11.9 Å². The molecule has 0 aromatic heterocycles. The minimum atomic E-state index is -0.317. The van der Waals surface area contributed by atoms with Gasteiger partial charge in [0.25, 0.3) is 0 Å². The van der Waals surface area contributed by atoms with Crippen LogP contribution in [0.1, 0.15) is 6.92 Å². The molecule has 0 aliphatic rings. The average Bonchev–Trinajstić information content (AvgIpc) is 2.00. The lowest BCUT2D eigenvalue weighted by atomic mass is 10.7. The Kier molecular flexibility index (Phi) is 3.36. The fraction of sp³-hybridized carbons (Fsp3) is 0.667. The van der Waals surface area contributed by atoms with Gasteiger partial charge in [-0.15, -0.1) is 0 Å². The number of hydrogen-bond acceptors (Lipinski definition) is 2. The highest BCUT2D eigenvalue weighted by atomic mass is 16.2. The lowest BCUT2D eigenvalue weighted by Gasteiger charge is -2.26. The maximum absolute atomic E-state index is 10.9. The van der Waals surface area contributed by atoms with E-state index in [2.05, 4.69) is 5.32 Å². The summed E-state index contributed by atoms with van der Waals surface area (Å²) in [6.45, 7) is 1.39. The second-order valence-electron chi connectivity index (χ2n) is 2.12. The van der Waals surface area contributed by atoms with E-state index in [1.807, 2.05) is 0 Å². The van der Waals surface area contributed by atoms with E-state index in [-0.39, 0.29) is 11.9 Å². The van der Waals surface area contributed by atoms with Crippen LogP contribution in [0.3, 0.4) is 0 Å². The molecule has 0 atom stereocenters. The van der Waals surface area contributed by atoms with E-state index in [0.717, 1.165) is 0 Å². The van der Waals surface area contributed by atoms with Crippen molar-refractivity contribution < 1.29 is 9.59 Å². The molecule has 11 heavy (non-hydrogen) atoms. The number of urea groups is 1. The molecular weight excluding hydrogens is 146 g/mol. The summed E-state index contributed by atoms with van der Waals surface area (Å²) in [4.78, 5) is 21.6. The molecule has 3 amide bonds. The number of carbonyl (C=O) groups excluding carboxylic acids is 2. The molecule has 64 valence electrons. The number of rotatable bonds is 0. The summed E-state index contributed by atoms with van der Waals surface area (Å²) in [5.74, 6) is -0.184. The molecule has 1 N–H and O–H groups in total. The first-order valence-electron chi connectivity index (χ1n) is 3.20. The largest absolute Gasteiger partial charge is 0.340 e. The van der Waals surface area contributed by atoms with Gasteiger partial charge in [0.1, 0.15) is 0 Å². The molecule has 5 heteroatoms. The van der Waals surface area contributed by atoms with Gasteiger partial charge in [-0.3, -0.25) is 9.80 Å². The van der Waals surface area contributed by atoms with E-state index in [4.69, 9.17) is 0 Å². The van der Waals surface area contributed by atoms with Crippen LogP contribution in [0.2, 0.25) is 0 Å². The Balaban J connectivity index is 4.12. The molecule has 0 aromatic rings. The maximum Gasteiger partial charge on any atom is 0.335 e. The van der Waals surface area contributed by atoms with Crippen LogP contribution in [-0.4, -0.2) is 43.1 Å². The lowest BCUT2D eigenvalue weighted by Crippen LogP contribution is -2.47. The number of nitrogens with zero attached hydrogens (tertiary/aromatic N) is 2. The number of hydrazine groups is 1. The van der Waals surface area contributed by atoms with Crippen LogP contribution in [-0.2, 0) is 4.79 Å². The Bertz CT molecular complexity index is 169. The van der Waals surface area contributed by atoms with Crippen molar-refractivity contribution in [1.82, 2.24) is 15.3 Å². The van der Waals surface area contributed by atoms with Gasteiger partial charge in [0.15, 0.2) is 0 Å². The van der Waals surface area contributed by atoms with Gasteiger partial charge in [0, 0.05) is 28.1 Å². The molecule has 0 radical (unpaired) electrons. The molecular formula is C6H13N3O2. The highest BCUT2D eigenvalue weighted by Gasteiger charge is 2.13. The highest BCUT2D eigenvalue weighted by Crippen LogP contribution is 1.90. The van der Waals surface area contributed by atoms with Gasteiger partial charge in [-0.25, -0.2) is 9.80 Å². The summed E-state index contributed by atoms with van der Waals surface area (Å²) in [6.07, 6.45) is 0. The third-order valence-electron chi connectivity index (χ3n) is 1.41. The van der Waals surface area contributed by atoms with Crippen molar-refractivity contribution in [2.24, 2.45) is 0 Å². The molecule has 0 bridgehead atoms. The molecule has 5 nitrogen and oxygen atoms in total. The fourth-order valence-electron chi connectivity index (χ4n) is 0.509. The fourth-order valence-corrected chi connectivity index (χ4v) is 0.509. The van der Waals surface area contributed by atoms with Crippen molar-refractivity contribution in [2.75, 3.05) is 21.1 Å². The number of hydrogen-bond donors (Lipinski definition) is 1. The van der Waals surface area contributed by atoms with Crippen LogP contribution in [0.4, 0.5) is 4.79 Å². The van der Waals surface area contributed by atoms with Crippen LogP contribution >= 0.6 is 0 Å². The molecule has 0 spiro atoms. The summed E-state index contributed by atoms with van der Waals surface area (Å²) < 4.78 is 0. The van der Waals surface area contributed by atoms with E-state index in [0.29, 0.717) is 0 Å². The first kappa shape index (κ1) is 9.74.